The first-order valence-corrected chi connectivity index (χ1v) is 6.04. The monoisotopic (exact) mass is 227 g/mol. The zero-order valence-corrected chi connectivity index (χ0v) is 11.1. The SMILES string of the molecule is CCCNC(=O)NC1C(C)(C)C(N)C1(C)C. The van der Waals surface area contributed by atoms with Crippen LogP contribution in [0.3, 0.4) is 0 Å². The molecule has 94 valence electrons. The quantitative estimate of drug-likeness (QED) is 0.683. The van der Waals surface area contributed by atoms with E-state index >= 15 is 0 Å². The Labute approximate surface area is 98.3 Å². The third kappa shape index (κ3) is 2.03. The maximum atomic E-state index is 11.6. The molecule has 0 atom stereocenters. The highest BCUT2D eigenvalue weighted by Crippen LogP contribution is 2.52. The maximum absolute atomic E-state index is 11.6. The Balaban J connectivity index is 2.57. The lowest BCUT2D eigenvalue weighted by Gasteiger charge is -2.62. The van der Waals surface area contributed by atoms with Crippen LogP contribution in [0.2, 0.25) is 0 Å². The highest BCUT2D eigenvalue weighted by molar-refractivity contribution is 5.74. The second-order valence-electron chi connectivity index (χ2n) is 5.95. The number of carbonyl (C=O) groups is 1. The van der Waals surface area contributed by atoms with Gasteiger partial charge in [-0.3, -0.25) is 0 Å². The molecule has 0 heterocycles. The summed E-state index contributed by atoms with van der Waals surface area (Å²) in [6.45, 7) is 11.2. The zero-order valence-electron chi connectivity index (χ0n) is 11.1. The van der Waals surface area contributed by atoms with Gasteiger partial charge in [-0.1, -0.05) is 34.6 Å². The number of urea groups is 1. The Morgan fingerprint density at radius 1 is 1.25 bits per heavy atom. The third-order valence-corrected chi connectivity index (χ3v) is 3.90. The van der Waals surface area contributed by atoms with Crippen LogP contribution in [0.4, 0.5) is 4.79 Å². The molecular weight excluding hydrogens is 202 g/mol. The van der Waals surface area contributed by atoms with Gasteiger partial charge in [0.15, 0.2) is 0 Å². The number of hydrogen-bond acceptors (Lipinski definition) is 2. The molecule has 4 N–H and O–H groups in total. The van der Waals surface area contributed by atoms with Crippen molar-refractivity contribution in [1.82, 2.24) is 10.6 Å². The third-order valence-electron chi connectivity index (χ3n) is 3.90. The number of nitrogens with one attached hydrogen (secondary N) is 2. The van der Waals surface area contributed by atoms with E-state index < -0.39 is 0 Å². The van der Waals surface area contributed by atoms with Gasteiger partial charge < -0.3 is 16.4 Å². The van der Waals surface area contributed by atoms with Gasteiger partial charge in [-0.05, 0) is 6.42 Å². The van der Waals surface area contributed by atoms with Gasteiger partial charge in [0.2, 0.25) is 0 Å². The van der Waals surface area contributed by atoms with Crippen LogP contribution in [0.15, 0.2) is 0 Å². The lowest BCUT2D eigenvalue weighted by Crippen LogP contribution is -2.76. The second-order valence-corrected chi connectivity index (χ2v) is 5.95. The van der Waals surface area contributed by atoms with Crippen LogP contribution in [-0.4, -0.2) is 24.7 Å². The highest BCUT2D eigenvalue weighted by Gasteiger charge is 2.60. The topological polar surface area (TPSA) is 67.2 Å². The molecule has 0 aliphatic heterocycles. The van der Waals surface area contributed by atoms with Crippen LogP contribution in [0.5, 0.6) is 0 Å². The first-order chi connectivity index (χ1) is 7.24. The molecule has 1 saturated carbocycles. The summed E-state index contributed by atoms with van der Waals surface area (Å²) in [5.41, 5.74) is 6.06. The van der Waals surface area contributed by atoms with Crippen molar-refractivity contribution < 1.29 is 4.79 Å². The molecule has 0 aromatic carbocycles. The van der Waals surface area contributed by atoms with Gasteiger partial charge in [-0.25, -0.2) is 4.79 Å². The molecule has 1 aliphatic rings. The summed E-state index contributed by atoms with van der Waals surface area (Å²) >= 11 is 0. The fourth-order valence-electron chi connectivity index (χ4n) is 2.97. The molecule has 1 fully saturated rings. The van der Waals surface area contributed by atoms with Gasteiger partial charge in [0.05, 0.1) is 0 Å². The van der Waals surface area contributed by atoms with Crippen LogP contribution in [0.1, 0.15) is 41.0 Å². The van der Waals surface area contributed by atoms with E-state index in [-0.39, 0.29) is 28.9 Å². The Bertz CT molecular complexity index is 257. The molecular formula is C12H25N3O. The Morgan fingerprint density at radius 2 is 1.75 bits per heavy atom. The number of amides is 2. The second kappa shape index (κ2) is 4.24. The van der Waals surface area contributed by atoms with E-state index in [2.05, 4.69) is 38.3 Å². The largest absolute Gasteiger partial charge is 0.338 e. The molecule has 0 bridgehead atoms. The van der Waals surface area contributed by atoms with Crippen molar-refractivity contribution in [3.8, 4) is 0 Å². The average Bonchev–Trinajstić information content (AvgIpc) is 2.21. The van der Waals surface area contributed by atoms with Gasteiger partial charge in [-0.2, -0.15) is 0 Å². The first kappa shape index (κ1) is 13.3. The van der Waals surface area contributed by atoms with Crippen LogP contribution < -0.4 is 16.4 Å². The number of rotatable bonds is 3. The smallest absolute Gasteiger partial charge is 0.315 e. The van der Waals surface area contributed by atoms with Gasteiger partial charge in [0, 0.05) is 29.5 Å². The first-order valence-electron chi connectivity index (χ1n) is 6.04. The fraction of sp³-hybridized carbons (Fsp3) is 0.917. The summed E-state index contributed by atoms with van der Waals surface area (Å²) in [4.78, 5) is 11.6. The molecule has 0 radical (unpaired) electrons. The Hall–Kier alpha value is -0.770. The molecule has 0 spiro atoms. The van der Waals surface area contributed by atoms with E-state index in [4.69, 9.17) is 5.73 Å². The molecule has 1 rings (SSSR count). The minimum absolute atomic E-state index is 0.0347. The lowest BCUT2D eigenvalue weighted by atomic mass is 9.48. The Kier molecular flexibility index (Phi) is 3.53. The van der Waals surface area contributed by atoms with Gasteiger partial charge in [0.25, 0.3) is 0 Å². The number of nitrogens with two attached hydrogens (primary N) is 1. The lowest BCUT2D eigenvalue weighted by molar-refractivity contribution is -0.0645. The van der Waals surface area contributed by atoms with E-state index in [1.807, 2.05) is 6.92 Å². The number of carbonyl (C=O) groups excluding carboxylic acids is 1. The minimum atomic E-state index is -0.0834. The highest BCUT2D eigenvalue weighted by atomic mass is 16.2. The van der Waals surface area contributed by atoms with Crippen molar-refractivity contribution in [3.05, 3.63) is 0 Å². The van der Waals surface area contributed by atoms with Gasteiger partial charge >= 0.3 is 6.03 Å². The molecule has 1 aliphatic carbocycles. The number of hydrogen-bond donors (Lipinski definition) is 3. The normalized spacial score (nSPS) is 30.4. The van der Waals surface area contributed by atoms with E-state index in [1.165, 1.54) is 0 Å². The summed E-state index contributed by atoms with van der Waals surface area (Å²) < 4.78 is 0. The van der Waals surface area contributed by atoms with Crippen molar-refractivity contribution in [1.29, 1.82) is 0 Å². The van der Waals surface area contributed by atoms with E-state index in [0.717, 1.165) is 6.42 Å². The molecule has 0 unspecified atom stereocenters. The van der Waals surface area contributed by atoms with Crippen LogP contribution in [-0.2, 0) is 0 Å². The van der Waals surface area contributed by atoms with Gasteiger partial charge in [0.1, 0.15) is 0 Å². The van der Waals surface area contributed by atoms with Crippen LogP contribution >= 0.6 is 0 Å². The summed E-state index contributed by atoms with van der Waals surface area (Å²) in [7, 11) is 0. The summed E-state index contributed by atoms with van der Waals surface area (Å²) in [6.07, 6.45) is 0.949. The fourth-order valence-corrected chi connectivity index (χ4v) is 2.97. The molecule has 0 saturated heterocycles. The van der Waals surface area contributed by atoms with Crippen molar-refractivity contribution >= 4 is 6.03 Å². The molecule has 0 aromatic heterocycles. The summed E-state index contributed by atoms with van der Waals surface area (Å²) in [6, 6.07) is 0.170. The molecule has 4 heteroatoms. The van der Waals surface area contributed by atoms with Gasteiger partial charge in [-0.15, -0.1) is 0 Å². The summed E-state index contributed by atoms with van der Waals surface area (Å²) in [5, 5.41) is 5.86. The maximum Gasteiger partial charge on any atom is 0.315 e. The van der Waals surface area contributed by atoms with E-state index in [0.29, 0.717) is 6.54 Å². The Morgan fingerprint density at radius 3 is 2.19 bits per heavy atom. The van der Waals surface area contributed by atoms with E-state index in [9.17, 15) is 4.79 Å². The van der Waals surface area contributed by atoms with Crippen molar-refractivity contribution in [2.45, 2.75) is 53.1 Å². The van der Waals surface area contributed by atoms with Crippen molar-refractivity contribution in [2.75, 3.05) is 6.54 Å². The van der Waals surface area contributed by atoms with Crippen LogP contribution in [0, 0.1) is 10.8 Å². The minimum Gasteiger partial charge on any atom is -0.338 e. The molecule has 2 amide bonds. The van der Waals surface area contributed by atoms with E-state index in [1.54, 1.807) is 0 Å². The standard InChI is InChI=1S/C12H25N3O/c1-6-7-14-10(16)15-9-11(2,3)8(13)12(9,4)5/h8-9H,6-7,13H2,1-5H3,(H2,14,15,16). The molecule has 4 nitrogen and oxygen atoms in total. The van der Waals surface area contributed by atoms with Crippen molar-refractivity contribution in [2.24, 2.45) is 16.6 Å². The molecule has 0 aromatic rings. The van der Waals surface area contributed by atoms with Crippen molar-refractivity contribution in [3.63, 3.8) is 0 Å². The molecule has 16 heavy (non-hydrogen) atoms. The average molecular weight is 227 g/mol. The van der Waals surface area contributed by atoms with Crippen LogP contribution in [0.25, 0.3) is 0 Å². The predicted molar refractivity (Wildman–Crippen MR) is 66.2 cm³/mol. The predicted octanol–water partition coefficient (Wildman–Crippen LogP) is 1.46. The zero-order chi connectivity index (χ0) is 12.6. The summed E-state index contributed by atoms with van der Waals surface area (Å²) in [5.74, 6) is 0.